The van der Waals surface area contributed by atoms with Crippen molar-refractivity contribution in [3.05, 3.63) is 60.7 Å². The fourth-order valence-corrected chi connectivity index (χ4v) is 2.26. The zero-order valence-electron chi connectivity index (χ0n) is 8.35. The van der Waals surface area contributed by atoms with Gasteiger partial charge in [-0.3, -0.25) is 0 Å². The third kappa shape index (κ3) is 5.87. The Bertz CT molecular complexity index is 343. The van der Waals surface area contributed by atoms with Crippen LogP contribution in [0.1, 0.15) is 0 Å². The van der Waals surface area contributed by atoms with Gasteiger partial charge in [0.2, 0.25) is 0 Å². The van der Waals surface area contributed by atoms with Crippen molar-refractivity contribution in [3.8, 4) is 0 Å². The van der Waals surface area contributed by atoms with Gasteiger partial charge in [-0.1, -0.05) is 69.2 Å². The van der Waals surface area contributed by atoms with Crippen LogP contribution in [0.25, 0.3) is 0 Å². The summed E-state index contributed by atoms with van der Waals surface area (Å²) in [5.41, 5.74) is 0. The van der Waals surface area contributed by atoms with E-state index in [4.69, 9.17) is 20.4 Å². The van der Waals surface area contributed by atoms with Gasteiger partial charge in [-0.2, -0.15) is 0 Å². The van der Waals surface area contributed by atoms with Gasteiger partial charge < -0.3 is 0 Å². The first kappa shape index (κ1) is 14.0. The molecule has 2 aromatic rings. The molecule has 0 fully saturated rings. The van der Waals surface area contributed by atoms with E-state index < -0.39 is 0 Å². The van der Waals surface area contributed by atoms with Crippen LogP contribution in [0.2, 0.25) is 0 Å². The quantitative estimate of drug-likeness (QED) is 0.585. The van der Waals surface area contributed by atoms with Crippen LogP contribution in [-0.2, 0) is 12.7 Å². The van der Waals surface area contributed by atoms with Gasteiger partial charge in [0, 0.05) is 0 Å². The minimum atomic E-state index is 0.569. The Kier molecular flexibility index (Phi) is 7.90. The number of hydrogen-bond donors (Lipinski definition) is 0. The maximum absolute atomic E-state index is 4.70. The largest absolute Gasteiger partial charge is 0.0622 e. The number of halogens is 2. The second-order valence-corrected chi connectivity index (χ2v) is 5.94. The summed E-state index contributed by atoms with van der Waals surface area (Å²) in [6.07, 6.45) is 0. The first-order valence-corrected chi connectivity index (χ1v) is 8.28. The smallest absolute Gasteiger partial charge is 0.0226 e. The van der Waals surface area contributed by atoms with Crippen LogP contribution in [0.3, 0.4) is 0 Å². The molecule has 0 spiro atoms. The first-order chi connectivity index (χ1) is 7.86. The Morgan fingerprint density at radius 1 is 0.688 bits per heavy atom. The molecule has 0 aliphatic carbocycles. The van der Waals surface area contributed by atoms with Crippen molar-refractivity contribution in [2.75, 3.05) is 0 Å². The van der Waals surface area contributed by atoms with Gasteiger partial charge in [-0.15, -0.1) is 0 Å². The van der Waals surface area contributed by atoms with E-state index in [0.717, 1.165) is 8.58 Å². The average molecular weight is 316 g/mol. The second-order valence-electron chi connectivity index (χ2n) is 2.90. The molecular formula is C12H11Cl2NiP. The predicted octanol–water partition coefficient (Wildman–Crippen LogP) is 3.69. The van der Waals surface area contributed by atoms with Crippen molar-refractivity contribution >= 4 is 39.6 Å². The Labute approximate surface area is 112 Å². The van der Waals surface area contributed by atoms with E-state index >= 15 is 0 Å². The van der Waals surface area contributed by atoms with E-state index in [2.05, 4.69) is 60.7 Å². The number of benzene rings is 2. The van der Waals surface area contributed by atoms with Crippen LogP contribution in [0.5, 0.6) is 0 Å². The van der Waals surface area contributed by atoms with Gasteiger partial charge in [0.1, 0.15) is 0 Å². The Hall–Kier alpha value is -0.0565. The van der Waals surface area contributed by atoms with Gasteiger partial charge in [-0.05, 0) is 10.6 Å². The van der Waals surface area contributed by atoms with Gasteiger partial charge >= 0.3 is 33.0 Å². The first-order valence-electron chi connectivity index (χ1n) is 4.56. The summed E-state index contributed by atoms with van der Waals surface area (Å²) in [5, 5.41) is 2.79. The molecule has 0 heterocycles. The van der Waals surface area contributed by atoms with E-state index in [1.807, 2.05) is 0 Å². The molecule has 0 bridgehead atoms. The summed E-state index contributed by atoms with van der Waals surface area (Å²) < 4.78 is 0. The Balaban J connectivity index is 0.000000386. The van der Waals surface area contributed by atoms with Crippen molar-refractivity contribution in [1.82, 2.24) is 0 Å². The Morgan fingerprint density at radius 3 is 1.31 bits per heavy atom. The van der Waals surface area contributed by atoms with Crippen LogP contribution >= 0.6 is 29.0 Å². The molecule has 4 heteroatoms. The molecule has 0 saturated carbocycles. The van der Waals surface area contributed by atoms with Crippen molar-refractivity contribution in [1.29, 1.82) is 0 Å². The zero-order valence-corrected chi connectivity index (χ0v) is 11.8. The molecule has 2 aromatic carbocycles. The van der Waals surface area contributed by atoms with Crippen LogP contribution in [0.4, 0.5) is 0 Å². The van der Waals surface area contributed by atoms with Crippen LogP contribution < -0.4 is 10.6 Å². The standard InChI is InChI=1S/C12H11P.2ClH.Ni/c1-3-7-11(8-4-1)13-12-9-5-2-6-10-12;;;/h1-10,13H;2*1H;/q;;;+2/p-2. The average Bonchev–Trinajstić information content (AvgIpc) is 2.33. The molecule has 0 saturated heterocycles. The van der Waals surface area contributed by atoms with E-state index in [0.29, 0.717) is 12.7 Å². The minimum absolute atomic E-state index is 0.569. The monoisotopic (exact) mass is 314 g/mol. The van der Waals surface area contributed by atoms with E-state index in [1.165, 1.54) is 10.6 Å². The van der Waals surface area contributed by atoms with Crippen molar-refractivity contribution in [2.24, 2.45) is 0 Å². The maximum Gasteiger partial charge on any atom is -0.0226 e. The molecule has 88 valence electrons. The Morgan fingerprint density at radius 2 is 1.00 bits per heavy atom. The fraction of sp³-hybridized carbons (Fsp3) is 0. The van der Waals surface area contributed by atoms with Crippen LogP contribution in [0, 0.1) is 0 Å². The summed E-state index contributed by atoms with van der Waals surface area (Å²) in [5.74, 6) is 0. The van der Waals surface area contributed by atoms with Gasteiger partial charge in [0.05, 0.1) is 0 Å². The molecule has 0 unspecified atom stereocenters. The molecule has 0 aliphatic rings. The molecule has 0 aromatic heterocycles. The van der Waals surface area contributed by atoms with E-state index in [-0.39, 0.29) is 0 Å². The molecule has 0 nitrogen and oxygen atoms in total. The van der Waals surface area contributed by atoms with Crippen LogP contribution in [-0.4, -0.2) is 0 Å². The maximum atomic E-state index is 4.70. The SMILES string of the molecule is [Cl][Ni][Cl].c1ccc(Pc2ccccc2)cc1. The van der Waals surface area contributed by atoms with Crippen molar-refractivity contribution < 1.29 is 12.7 Å². The minimum Gasteiger partial charge on any atom is -0.0622 e. The fourth-order valence-electron chi connectivity index (χ4n) is 1.21. The summed E-state index contributed by atoms with van der Waals surface area (Å²) >= 11 is 0.569. The normalized spacial score (nSPS) is 9.38. The van der Waals surface area contributed by atoms with Gasteiger partial charge in [0.15, 0.2) is 0 Å². The summed E-state index contributed by atoms with van der Waals surface area (Å²) in [4.78, 5) is 0. The topological polar surface area (TPSA) is 0 Å². The number of rotatable bonds is 2. The summed E-state index contributed by atoms with van der Waals surface area (Å²) in [7, 11) is 10.2. The molecule has 0 N–H and O–H groups in total. The van der Waals surface area contributed by atoms with Crippen molar-refractivity contribution in [2.45, 2.75) is 0 Å². The summed E-state index contributed by atoms with van der Waals surface area (Å²) in [6, 6.07) is 21.2. The zero-order chi connectivity index (χ0) is 11.6. The van der Waals surface area contributed by atoms with Crippen molar-refractivity contribution in [3.63, 3.8) is 0 Å². The third-order valence-electron chi connectivity index (χ3n) is 1.84. The molecular weight excluding hydrogens is 305 g/mol. The van der Waals surface area contributed by atoms with E-state index in [1.54, 1.807) is 0 Å². The molecule has 0 amide bonds. The summed E-state index contributed by atoms with van der Waals surface area (Å²) in [6.45, 7) is 0. The second kappa shape index (κ2) is 9.02. The van der Waals surface area contributed by atoms with Crippen LogP contribution in [0.15, 0.2) is 60.7 Å². The molecule has 0 radical (unpaired) electrons. The van der Waals surface area contributed by atoms with Gasteiger partial charge in [0.25, 0.3) is 0 Å². The molecule has 0 atom stereocenters. The number of hydrogen-bond acceptors (Lipinski definition) is 0. The molecule has 2 rings (SSSR count). The molecule has 0 aliphatic heterocycles. The van der Waals surface area contributed by atoms with Gasteiger partial charge in [-0.25, -0.2) is 0 Å². The molecule has 16 heavy (non-hydrogen) atoms. The third-order valence-corrected chi connectivity index (χ3v) is 3.08. The van der Waals surface area contributed by atoms with E-state index in [9.17, 15) is 0 Å². The predicted molar refractivity (Wildman–Crippen MR) is 72.2 cm³/mol.